The molecule has 1 saturated heterocycles. The molecule has 4 heteroatoms. The number of hydrogen-bond acceptors (Lipinski definition) is 3. The Morgan fingerprint density at radius 1 is 1.42 bits per heavy atom. The van der Waals surface area contributed by atoms with E-state index in [9.17, 15) is 4.79 Å². The van der Waals surface area contributed by atoms with E-state index in [-0.39, 0.29) is 18.0 Å². The number of para-hydroxylation sites is 1. The van der Waals surface area contributed by atoms with Crippen molar-refractivity contribution in [3.63, 3.8) is 0 Å². The second-order valence-corrected chi connectivity index (χ2v) is 5.28. The number of benzene rings is 1. The van der Waals surface area contributed by atoms with Gasteiger partial charge in [0.25, 0.3) is 5.91 Å². The van der Waals surface area contributed by atoms with E-state index >= 15 is 0 Å². The molecule has 100 valence electrons. The van der Waals surface area contributed by atoms with E-state index in [1.807, 2.05) is 42.2 Å². The first-order valence-electron chi connectivity index (χ1n) is 6.70. The molecule has 2 atom stereocenters. The van der Waals surface area contributed by atoms with Crippen LogP contribution in [0.15, 0.2) is 34.7 Å². The molecule has 2 N–H and O–H groups in total. The maximum Gasteiger partial charge on any atom is 0.289 e. The molecule has 1 aromatic heterocycles. The fraction of sp³-hybridized carbons (Fsp3) is 0.400. The van der Waals surface area contributed by atoms with Gasteiger partial charge in [-0.3, -0.25) is 4.79 Å². The summed E-state index contributed by atoms with van der Waals surface area (Å²) in [6.45, 7) is 2.75. The van der Waals surface area contributed by atoms with Gasteiger partial charge in [0.05, 0.1) is 0 Å². The maximum absolute atomic E-state index is 12.5. The van der Waals surface area contributed by atoms with Crippen molar-refractivity contribution in [2.75, 3.05) is 6.54 Å². The van der Waals surface area contributed by atoms with Crippen molar-refractivity contribution < 1.29 is 9.21 Å². The van der Waals surface area contributed by atoms with E-state index in [2.05, 4.69) is 0 Å². The lowest BCUT2D eigenvalue weighted by Gasteiger charge is -2.35. The van der Waals surface area contributed by atoms with E-state index < -0.39 is 0 Å². The van der Waals surface area contributed by atoms with Gasteiger partial charge >= 0.3 is 0 Å². The number of rotatable bonds is 1. The lowest BCUT2D eigenvalue weighted by atomic mass is 9.99. The summed E-state index contributed by atoms with van der Waals surface area (Å²) in [6, 6.07) is 9.86. The van der Waals surface area contributed by atoms with Crippen LogP contribution in [-0.2, 0) is 0 Å². The fourth-order valence-corrected chi connectivity index (χ4v) is 2.74. The maximum atomic E-state index is 12.5. The molecule has 1 fully saturated rings. The van der Waals surface area contributed by atoms with Crippen LogP contribution < -0.4 is 5.73 Å². The van der Waals surface area contributed by atoms with Crippen LogP contribution in [0.5, 0.6) is 0 Å². The zero-order valence-corrected chi connectivity index (χ0v) is 11.0. The SMILES string of the molecule is CC1CC(N)CCN1C(=O)c1cc2ccccc2o1. The number of nitrogens with zero attached hydrogens (tertiary/aromatic N) is 1. The van der Waals surface area contributed by atoms with Crippen molar-refractivity contribution in [3.05, 3.63) is 36.1 Å². The molecular weight excluding hydrogens is 240 g/mol. The second-order valence-electron chi connectivity index (χ2n) is 5.28. The normalized spacial score (nSPS) is 23.8. The monoisotopic (exact) mass is 258 g/mol. The molecule has 1 aliphatic heterocycles. The van der Waals surface area contributed by atoms with Crippen LogP contribution in [0, 0.1) is 0 Å². The van der Waals surface area contributed by atoms with E-state index in [0.717, 1.165) is 23.8 Å². The van der Waals surface area contributed by atoms with Crippen molar-refractivity contribution in [1.82, 2.24) is 4.90 Å². The Labute approximate surface area is 112 Å². The van der Waals surface area contributed by atoms with Gasteiger partial charge < -0.3 is 15.1 Å². The summed E-state index contributed by atoms with van der Waals surface area (Å²) < 4.78 is 5.64. The van der Waals surface area contributed by atoms with Crippen molar-refractivity contribution in [2.24, 2.45) is 5.73 Å². The zero-order valence-electron chi connectivity index (χ0n) is 11.0. The molecule has 0 radical (unpaired) electrons. The van der Waals surface area contributed by atoms with Gasteiger partial charge in [0.2, 0.25) is 0 Å². The minimum absolute atomic E-state index is 0.0319. The van der Waals surface area contributed by atoms with Crippen LogP contribution in [0.1, 0.15) is 30.3 Å². The van der Waals surface area contributed by atoms with E-state index in [1.54, 1.807) is 0 Å². The van der Waals surface area contributed by atoms with Gasteiger partial charge in [-0.25, -0.2) is 0 Å². The van der Waals surface area contributed by atoms with Crippen LogP contribution in [0.3, 0.4) is 0 Å². The zero-order chi connectivity index (χ0) is 13.4. The number of carbonyl (C=O) groups excluding carboxylic acids is 1. The summed E-state index contributed by atoms with van der Waals surface area (Å²) in [6.07, 6.45) is 1.71. The Kier molecular flexibility index (Phi) is 3.03. The first kappa shape index (κ1) is 12.2. The minimum atomic E-state index is -0.0319. The average molecular weight is 258 g/mol. The Hall–Kier alpha value is -1.81. The molecule has 3 rings (SSSR count). The van der Waals surface area contributed by atoms with Crippen molar-refractivity contribution >= 4 is 16.9 Å². The number of likely N-dealkylation sites (tertiary alicyclic amines) is 1. The average Bonchev–Trinajstić information content (AvgIpc) is 2.81. The van der Waals surface area contributed by atoms with Gasteiger partial charge in [-0.15, -0.1) is 0 Å². The van der Waals surface area contributed by atoms with Gasteiger partial charge in [-0.1, -0.05) is 18.2 Å². The summed E-state index contributed by atoms with van der Waals surface area (Å²) in [7, 11) is 0. The fourth-order valence-electron chi connectivity index (χ4n) is 2.74. The van der Waals surface area contributed by atoms with Crippen LogP contribution in [0.25, 0.3) is 11.0 Å². The molecule has 4 nitrogen and oxygen atoms in total. The third-order valence-corrected chi connectivity index (χ3v) is 3.81. The van der Waals surface area contributed by atoms with Crippen LogP contribution in [-0.4, -0.2) is 29.4 Å². The number of nitrogens with two attached hydrogens (primary N) is 1. The molecule has 0 saturated carbocycles. The quantitative estimate of drug-likeness (QED) is 0.854. The number of hydrogen-bond donors (Lipinski definition) is 1. The largest absolute Gasteiger partial charge is 0.451 e. The van der Waals surface area contributed by atoms with E-state index in [1.165, 1.54) is 0 Å². The summed E-state index contributed by atoms with van der Waals surface area (Å²) >= 11 is 0. The molecule has 19 heavy (non-hydrogen) atoms. The summed E-state index contributed by atoms with van der Waals surface area (Å²) in [5.41, 5.74) is 6.68. The van der Waals surface area contributed by atoms with E-state index in [4.69, 9.17) is 10.2 Å². The van der Waals surface area contributed by atoms with Crippen molar-refractivity contribution in [2.45, 2.75) is 31.8 Å². The van der Waals surface area contributed by atoms with Crippen molar-refractivity contribution in [3.8, 4) is 0 Å². The predicted octanol–water partition coefficient (Wildman–Crippen LogP) is 2.38. The lowest BCUT2D eigenvalue weighted by Crippen LogP contribution is -2.48. The Bertz CT molecular complexity index is 572. The Morgan fingerprint density at radius 3 is 2.95 bits per heavy atom. The smallest absolute Gasteiger partial charge is 0.289 e. The molecular formula is C15H18N2O2. The number of fused-ring (bicyclic) bond motifs is 1. The number of piperidine rings is 1. The number of amides is 1. The van der Waals surface area contributed by atoms with E-state index in [0.29, 0.717) is 12.3 Å². The summed E-state index contributed by atoms with van der Waals surface area (Å²) in [5.74, 6) is 0.388. The van der Waals surface area contributed by atoms with Gasteiger partial charge in [-0.05, 0) is 31.9 Å². The molecule has 0 aliphatic carbocycles. The van der Waals surface area contributed by atoms with Gasteiger partial charge in [0.1, 0.15) is 5.58 Å². The third-order valence-electron chi connectivity index (χ3n) is 3.81. The number of furan rings is 1. The highest BCUT2D eigenvalue weighted by atomic mass is 16.3. The Balaban J connectivity index is 1.87. The highest BCUT2D eigenvalue weighted by Crippen LogP contribution is 2.23. The molecule has 2 heterocycles. The molecule has 2 aromatic rings. The van der Waals surface area contributed by atoms with Crippen LogP contribution >= 0.6 is 0 Å². The first-order valence-corrected chi connectivity index (χ1v) is 6.70. The van der Waals surface area contributed by atoms with Crippen molar-refractivity contribution in [1.29, 1.82) is 0 Å². The molecule has 0 spiro atoms. The van der Waals surface area contributed by atoms with Crippen LogP contribution in [0.2, 0.25) is 0 Å². The first-order chi connectivity index (χ1) is 9.15. The second kappa shape index (κ2) is 4.70. The molecule has 1 aromatic carbocycles. The predicted molar refractivity (Wildman–Crippen MR) is 73.9 cm³/mol. The highest BCUT2D eigenvalue weighted by Gasteiger charge is 2.29. The standard InChI is InChI=1S/C15H18N2O2/c1-10-8-12(16)6-7-17(10)15(18)14-9-11-4-2-3-5-13(11)19-14/h2-5,9-10,12H,6-8,16H2,1H3. The van der Waals surface area contributed by atoms with Crippen LogP contribution in [0.4, 0.5) is 0 Å². The third kappa shape index (κ3) is 2.24. The summed E-state index contributed by atoms with van der Waals surface area (Å²) in [4.78, 5) is 14.3. The molecule has 0 bridgehead atoms. The lowest BCUT2D eigenvalue weighted by molar-refractivity contribution is 0.0589. The molecule has 1 amide bonds. The van der Waals surface area contributed by atoms with Gasteiger partial charge in [0.15, 0.2) is 5.76 Å². The van der Waals surface area contributed by atoms with Gasteiger partial charge in [-0.2, -0.15) is 0 Å². The molecule has 2 unspecified atom stereocenters. The van der Waals surface area contributed by atoms with Gasteiger partial charge in [0, 0.05) is 24.0 Å². The number of carbonyl (C=O) groups is 1. The minimum Gasteiger partial charge on any atom is -0.451 e. The summed E-state index contributed by atoms with van der Waals surface area (Å²) in [5, 5.41) is 0.965. The highest BCUT2D eigenvalue weighted by molar-refractivity contribution is 5.96. The molecule has 1 aliphatic rings. The topological polar surface area (TPSA) is 59.5 Å². The Morgan fingerprint density at radius 2 is 2.21 bits per heavy atom.